The number of pyridine rings is 1. The summed E-state index contributed by atoms with van der Waals surface area (Å²) in [5, 5.41) is 15.8. The molecule has 0 saturated heterocycles. The summed E-state index contributed by atoms with van der Waals surface area (Å²) in [6, 6.07) is 0. The fourth-order valence-corrected chi connectivity index (χ4v) is 2.82. The van der Waals surface area contributed by atoms with Gasteiger partial charge in [-0.3, -0.25) is 19.4 Å². The highest BCUT2D eigenvalue weighted by atomic mass is 16.3. The first kappa shape index (κ1) is 18.2. The summed E-state index contributed by atoms with van der Waals surface area (Å²) in [6.07, 6.45) is 0.277. The van der Waals surface area contributed by atoms with Crippen LogP contribution >= 0.6 is 0 Å². The smallest absolute Gasteiger partial charge is 0.273 e. The molecule has 0 fully saturated rings. The molecule has 1 unspecified atom stereocenters. The number of carbonyl (C=O) groups excluding carboxylic acids is 1. The molecule has 7 nitrogen and oxygen atoms in total. The molecule has 2 aromatic heterocycles. The lowest BCUT2D eigenvalue weighted by molar-refractivity contribution is -0.120. The minimum atomic E-state index is -0.422. The van der Waals surface area contributed by atoms with Crippen molar-refractivity contribution < 1.29 is 9.90 Å². The number of aliphatic hydroxyl groups excluding tert-OH is 1. The third kappa shape index (κ3) is 3.67. The fraction of sp³-hybridized carbons (Fsp3) is 0.588. The Bertz CT molecular complexity index is 804. The number of aliphatic hydroxyl groups is 1. The maximum absolute atomic E-state index is 12.2. The average molecular weight is 334 g/mol. The zero-order valence-electron chi connectivity index (χ0n) is 14.9. The largest absolute Gasteiger partial charge is 0.393 e. The van der Waals surface area contributed by atoms with Crippen LogP contribution in [0.25, 0.3) is 11.0 Å². The number of nitrogens with zero attached hydrogens (tertiary/aromatic N) is 2. The summed E-state index contributed by atoms with van der Waals surface area (Å²) in [6.45, 7) is 8.00. The Morgan fingerprint density at radius 3 is 2.67 bits per heavy atom. The number of fused-ring (bicyclic) bond motifs is 1. The molecule has 0 aromatic carbocycles. The maximum atomic E-state index is 12.2. The molecule has 1 atom stereocenters. The van der Waals surface area contributed by atoms with Crippen LogP contribution < -0.4 is 10.9 Å². The topological polar surface area (TPSA) is 100 Å². The van der Waals surface area contributed by atoms with Gasteiger partial charge in [0.25, 0.3) is 5.56 Å². The summed E-state index contributed by atoms with van der Waals surface area (Å²) in [5.41, 5.74) is 2.71. The Balaban J connectivity index is 2.14. The van der Waals surface area contributed by atoms with E-state index < -0.39 is 6.10 Å². The minimum Gasteiger partial charge on any atom is -0.393 e. The first-order chi connectivity index (χ1) is 11.2. The molecule has 0 aliphatic rings. The molecule has 0 aliphatic carbocycles. The summed E-state index contributed by atoms with van der Waals surface area (Å²) in [4.78, 5) is 28.7. The molecule has 1 amide bonds. The quantitative estimate of drug-likeness (QED) is 0.732. The van der Waals surface area contributed by atoms with E-state index in [1.807, 2.05) is 27.7 Å². The number of hydrogen-bond acceptors (Lipinski definition) is 4. The van der Waals surface area contributed by atoms with Crippen LogP contribution in [0.15, 0.2) is 4.79 Å². The molecule has 132 valence electrons. The molecule has 2 heterocycles. The second-order valence-electron chi connectivity index (χ2n) is 6.63. The number of rotatable bonds is 6. The van der Waals surface area contributed by atoms with Crippen LogP contribution in [0, 0.1) is 19.8 Å². The van der Waals surface area contributed by atoms with Gasteiger partial charge in [-0.15, -0.1) is 0 Å². The fourth-order valence-electron chi connectivity index (χ4n) is 2.82. The van der Waals surface area contributed by atoms with Crippen LogP contribution in [0.5, 0.6) is 0 Å². The summed E-state index contributed by atoms with van der Waals surface area (Å²) >= 11 is 0. The van der Waals surface area contributed by atoms with E-state index in [1.54, 1.807) is 11.7 Å². The van der Waals surface area contributed by atoms with Gasteiger partial charge < -0.3 is 10.4 Å². The monoisotopic (exact) mass is 334 g/mol. The van der Waals surface area contributed by atoms with Crippen molar-refractivity contribution >= 4 is 16.9 Å². The highest BCUT2D eigenvalue weighted by Gasteiger charge is 2.17. The van der Waals surface area contributed by atoms with Crippen molar-refractivity contribution in [2.45, 2.75) is 46.6 Å². The third-order valence-corrected chi connectivity index (χ3v) is 4.44. The van der Waals surface area contributed by atoms with Crippen molar-refractivity contribution in [2.75, 3.05) is 6.54 Å². The van der Waals surface area contributed by atoms with E-state index in [9.17, 15) is 14.7 Å². The van der Waals surface area contributed by atoms with Gasteiger partial charge in [0.1, 0.15) is 0 Å². The molecule has 3 N–H and O–H groups in total. The molecular weight excluding hydrogens is 308 g/mol. The first-order valence-electron chi connectivity index (χ1n) is 8.22. The normalized spacial score (nSPS) is 12.8. The van der Waals surface area contributed by atoms with Crippen LogP contribution in [-0.4, -0.2) is 38.4 Å². The molecule has 24 heavy (non-hydrogen) atoms. The van der Waals surface area contributed by atoms with Crippen molar-refractivity contribution in [2.24, 2.45) is 13.0 Å². The van der Waals surface area contributed by atoms with Crippen molar-refractivity contribution in [3.63, 3.8) is 0 Å². The molecule has 0 spiro atoms. The predicted octanol–water partition coefficient (Wildman–Crippen LogP) is 0.944. The molecule has 0 saturated carbocycles. The van der Waals surface area contributed by atoms with E-state index in [2.05, 4.69) is 15.4 Å². The van der Waals surface area contributed by atoms with Gasteiger partial charge in [0.05, 0.1) is 17.9 Å². The lowest BCUT2D eigenvalue weighted by Crippen LogP contribution is -2.30. The molecule has 2 aromatic rings. The predicted molar refractivity (Wildman–Crippen MR) is 93.0 cm³/mol. The van der Waals surface area contributed by atoms with E-state index in [-0.39, 0.29) is 23.8 Å². The molecule has 0 radical (unpaired) electrons. The average Bonchev–Trinajstić information content (AvgIpc) is 2.77. The van der Waals surface area contributed by atoms with E-state index in [0.29, 0.717) is 24.0 Å². The third-order valence-electron chi connectivity index (χ3n) is 4.44. The second kappa shape index (κ2) is 7.17. The summed E-state index contributed by atoms with van der Waals surface area (Å²) in [5.74, 6) is 0.0356. The molecule has 0 bridgehead atoms. The van der Waals surface area contributed by atoms with E-state index in [0.717, 1.165) is 16.8 Å². The summed E-state index contributed by atoms with van der Waals surface area (Å²) < 4.78 is 1.59. The second-order valence-corrected chi connectivity index (χ2v) is 6.63. The SMILES string of the molecule is Cc1nc2c(c(C)c1CC(=O)NCCC(O)C(C)C)c(=O)[nH]n2C. The van der Waals surface area contributed by atoms with Crippen LogP contribution in [-0.2, 0) is 18.3 Å². The Morgan fingerprint density at radius 2 is 2.04 bits per heavy atom. The van der Waals surface area contributed by atoms with Gasteiger partial charge in [-0.05, 0) is 37.3 Å². The van der Waals surface area contributed by atoms with Gasteiger partial charge in [-0.25, -0.2) is 4.98 Å². The maximum Gasteiger partial charge on any atom is 0.273 e. The van der Waals surface area contributed by atoms with Crippen LogP contribution in [0.4, 0.5) is 0 Å². The van der Waals surface area contributed by atoms with Gasteiger partial charge in [-0.2, -0.15) is 0 Å². The number of H-pyrrole nitrogens is 1. The first-order valence-corrected chi connectivity index (χ1v) is 8.22. The van der Waals surface area contributed by atoms with E-state index in [1.165, 1.54) is 0 Å². The Labute approximate surface area is 141 Å². The number of aromatic nitrogens is 3. The number of carbonyl (C=O) groups is 1. The minimum absolute atomic E-state index is 0.134. The summed E-state index contributed by atoms with van der Waals surface area (Å²) in [7, 11) is 1.74. The van der Waals surface area contributed by atoms with Gasteiger partial charge in [0.2, 0.25) is 5.91 Å². The molecule has 0 aliphatic heterocycles. The lowest BCUT2D eigenvalue weighted by Gasteiger charge is -2.15. The molecule has 7 heteroatoms. The number of nitrogens with one attached hydrogen (secondary N) is 2. The zero-order chi connectivity index (χ0) is 18.0. The molecular formula is C17H26N4O3. The van der Waals surface area contributed by atoms with Gasteiger partial charge in [0.15, 0.2) is 5.65 Å². The van der Waals surface area contributed by atoms with Crippen molar-refractivity contribution in [1.29, 1.82) is 0 Å². The Morgan fingerprint density at radius 1 is 1.38 bits per heavy atom. The standard InChI is InChI=1S/C17H26N4O3/c1-9(2)13(22)6-7-18-14(23)8-12-10(3)15-16(19-11(12)4)21(5)20-17(15)24/h9,13,22H,6-8H2,1-5H3,(H,18,23)(H,20,24). The van der Waals surface area contributed by atoms with E-state index >= 15 is 0 Å². The van der Waals surface area contributed by atoms with Gasteiger partial charge >= 0.3 is 0 Å². The highest BCUT2D eigenvalue weighted by molar-refractivity contribution is 5.84. The van der Waals surface area contributed by atoms with Crippen LogP contribution in [0.1, 0.15) is 37.1 Å². The van der Waals surface area contributed by atoms with Crippen LogP contribution in [0.2, 0.25) is 0 Å². The number of amides is 1. The Hall–Kier alpha value is -2.15. The molecule has 2 rings (SSSR count). The number of aryl methyl sites for hydroxylation is 3. The van der Waals surface area contributed by atoms with Crippen molar-refractivity contribution in [1.82, 2.24) is 20.1 Å². The van der Waals surface area contributed by atoms with Gasteiger partial charge in [-0.1, -0.05) is 13.8 Å². The van der Waals surface area contributed by atoms with Crippen LogP contribution in [0.3, 0.4) is 0 Å². The Kier molecular flexibility index (Phi) is 5.43. The zero-order valence-corrected chi connectivity index (χ0v) is 14.9. The number of aromatic amines is 1. The van der Waals surface area contributed by atoms with Crippen molar-refractivity contribution in [3.8, 4) is 0 Å². The number of hydrogen-bond donors (Lipinski definition) is 3. The van der Waals surface area contributed by atoms with E-state index in [4.69, 9.17) is 0 Å². The lowest BCUT2D eigenvalue weighted by atomic mass is 10.0. The van der Waals surface area contributed by atoms with Crippen molar-refractivity contribution in [3.05, 3.63) is 27.2 Å². The van der Waals surface area contributed by atoms with Gasteiger partial charge in [0, 0.05) is 19.3 Å². The highest BCUT2D eigenvalue weighted by Crippen LogP contribution is 2.20.